The van der Waals surface area contributed by atoms with Gasteiger partial charge in [0, 0.05) is 6.54 Å². The Labute approximate surface area is 217 Å². The van der Waals surface area contributed by atoms with E-state index in [2.05, 4.69) is 45.1 Å². The molecule has 2 aromatic rings. The number of benzene rings is 2. The highest BCUT2D eigenvalue weighted by Crippen LogP contribution is 2.65. The summed E-state index contributed by atoms with van der Waals surface area (Å²) in [4.78, 5) is 13.3. The molecule has 2 aromatic carbocycles. The maximum absolute atomic E-state index is 14.5. The van der Waals surface area contributed by atoms with Crippen molar-refractivity contribution < 1.29 is 18.4 Å². The van der Waals surface area contributed by atoms with Gasteiger partial charge in [0.05, 0.1) is 24.8 Å². The van der Waals surface area contributed by atoms with E-state index in [1.165, 1.54) is 0 Å². The zero-order valence-corrected chi connectivity index (χ0v) is 23.4. The molecule has 0 aliphatic heterocycles. The van der Waals surface area contributed by atoms with Crippen LogP contribution in [0.4, 0.5) is 0 Å². The van der Waals surface area contributed by atoms with Crippen LogP contribution >= 0.6 is 7.60 Å². The van der Waals surface area contributed by atoms with Gasteiger partial charge in [0.1, 0.15) is 0 Å². The van der Waals surface area contributed by atoms with E-state index in [0.29, 0.717) is 19.8 Å². The van der Waals surface area contributed by atoms with E-state index in [4.69, 9.17) is 9.05 Å². The van der Waals surface area contributed by atoms with Gasteiger partial charge in [-0.15, -0.1) is 0 Å². The van der Waals surface area contributed by atoms with Crippen LogP contribution in [0, 0.1) is 0 Å². The summed E-state index contributed by atoms with van der Waals surface area (Å²) in [6.45, 7) is 9.92. The summed E-state index contributed by atoms with van der Waals surface area (Å²) in [6.07, 6.45) is 7.15. The van der Waals surface area contributed by atoms with E-state index in [1.807, 2.05) is 30.3 Å². The van der Waals surface area contributed by atoms with Gasteiger partial charge in [-0.25, -0.2) is 0 Å². The Balaban J connectivity index is 2.13. The fraction of sp³-hybridized carbons (Fsp3) is 0.567. The Bertz CT molecular complexity index is 1020. The average Bonchev–Trinajstić information content (AvgIpc) is 3.23. The molecule has 1 N–H and O–H groups in total. The second-order valence-electron chi connectivity index (χ2n) is 9.69. The van der Waals surface area contributed by atoms with Crippen molar-refractivity contribution in [2.24, 2.45) is 0 Å². The van der Waals surface area contributed by atoms with Crippen molar-refractivity contribution in [3.8, 4) is 11.1 Å². The Morgan fingerprint density at radius 1 is 0.861 bits per heavy atom. The van der Waals surface area contributed by atoms with Crippen molar-refractivity contribution in [2.75, 3.05) is 19.8 Å². The van der Waals surface area contributed by atoms with Crippen LogP contribution in [-0.4, -0.2) is 25.7 Å². The van der Waals surface area contributed by atoms with Crippen molar-refractivity contribution >= 4 is 13.5 Å². The normalized spacial score (nSPS) is 15.4. The Hall–Kier alpha value is -1.94. The van der Waals surface area contributed by atoms with Crippen molar-refractivity contribution in [3.05, 3.63) is 59.2 Å². The lowest BCUT2D eigenvalue weighted by atomic mass is 9.93. The minimum atomic E-state index is -3.45. The van der Waals surface area contributed by atoms with Crippen LogP contribution in [-0.2, 0) is 18.4 Å². The van der Waals surface area contributed by atoms with Gasteiger partial charge >= 0.3 is 7.60 Å². The number of hydrogen-bond acceptors (Lipinski definition) is 4. The first kappa shape index (κ1) is 28.6. The molecule has 1 aliphatic rings. The number of unbranched alkanes of at least 4 members (excludes halogenated alkanes) is 3. The molecule has 0 spiro atoms. The van der Waals surface area contributed by atoms with E-state index in [1.54, 1.807) is 0 Å². The minimum Gasteiger partial charge on any atom is -0.355 e. The maximum Gasteiger partial charge on any atom is 0.338 e. The quantitative estimate of drug-likeness (QED) is 0.181. The Morgan fingerprint density at radius 2 is 1.50 bits per heavy atom. The summed E-state index contributed by atoms with van der Waals surface area (Å²) in [5.41, 5.74) is 4.69. The lowest BCUT2D eigenvalue weighted by Gasteiger charge is -2.29. The first-order valence-corrected chi connectivity index (χ1v) is 15.5. The number of hydrogen-bond donors (Lipinski definition) is 1. The lowest BCUT2D eigenvalue weighted by Crippen LogP contribution is -2.29. The van der Waals surface area contributed by atoms with E-state index in [-0.39, 0.29) is 17.5 Å². The molecule has 0 saturated heterocycles. The summed E-state index contributed by atoms with van der Waals surface area (Å²) in [6, 6.07) is 14.3. The third-order valence-corrected chi connectivity index (χ3v) is 9.29. The van der Waals surface area contributed by atoms with E-state index < -0.39 is 7.60 Å². The van der Waals surface area contributed by atoms with Crippen LogP contribution in [0.2, 0.25) is 0 Å². The fourth-order valence-electron chi connectivity index (χ4n) is 4.97. The van der Waals surface area contributed by atoms with Crippen LogP contribution in [0.3, 0.4) is 0 Å². The Kier molecular flexibility index (Phi) is 11.2. The highest BCUT2D eigenvalue weighted by atomic mass is 31.2. The van der Waals surface area contributed by atoms with Crippen LogP contribution in [0.1, 0.15) is 107 Å². The number of fused-ring (bicyclic) bond motifs is 3. The molecule has 0 fully saturated rings. The summed E-state index contributed by atoms with van der Waals surface area (Å²) < 4.78 is 26.8. The molecule has 5 nitrogen and oxygen atoms in total. The number of nitrogens with one attached hydrogen (secondary N) is 1. The fourth-order valence-corrected chi connectivity index (χ4v) is 7.22. The molecule has 0 heterocycles. The number of carbonyl (C=O) groups is 1. The standard InChI is InChI=1S/C30H44NO4P/c1-5-9-19-27(36(33,34-21-10-6-2)35-22-11-7-3)25-17-14-18-26-28(25)23-15-12-13-16-24(23)29(26)30(32)31-20-8-4/h12-18,27,29H,5-11,19-22H2,1-4H3,(H,31,32). The molecule has 1 amide bonds. The van der Waals surface area contributed by atoms with E-state index >= 15 is 0 Å². The van der Waals surface area contributed by atoms with Crippen LogP contribution < -0.4 is 5.32 Å². The third-order valence-electron chi connectivity index (χ3n) is 6.90. The van der Waals surface area contributed by atoms with Crippen LogP contribution in [0.5, 0.6) is 0 Å². The van der Waals surface area contributed by atoms with Gasteiger partial charge in [-0.3, -0.25) is 9.36 Å². The van der Waals surface area contributed by atoms with Crippen molar-refractivity contribution in [2.45, 2.75) is 90.6 Å². The molecule has 0 bridgehead atoms. The lowest BCUT2D eigenvalue weighted by molar-refractivity contribution is -0.121. The zero-order chi connectivity index (χ0) is 26.0. The minimum absolute atomic E-state index is 0.0203. The molecular weight excluding hydrogens is 469 g/mol. The first-order chi connectivity index (χ1) is 17.5. The SMILES string of the molecule is CCCCOP(=O)(OCCCC)C(CCCC)c1cccc2c1-c1ccccc1C2C(=O)NCCC. The molecule has 198 valence electrons. The van der Waals surface area contributed by atoms with Crippen LogP contribution in [0.15, 0.2) is 42.5 Å². The summed E-state index contributed by atoms with van der Waals surface area (Å²) >= 11 is 0. The summed E-state index contributed by atoms with van der Waals surface area (Å²) in [5, 5.41) is 3.09. The molecule has 1 aliphatic carbocycles. The first-order valence-electron chi connectivity index (χ1n) is 13.9. The van der Waals surface area contributed by atoms with E-state index in [0.717, 1.165) is 79.2 Å². The van der Waals surface area contributed by atoms with Crippen LogP contribution in [0.25, 0.3) is 11.1 Å². The largest absolute Gasteiger partial charge is 0.355 e. The summed E-state index contributed by atoms with van der Waals surface area (Å²) in [7, 11) is -3.45. The van der Waals surface area contributed by atoms with Gasteiger partial charge in [0.15, 0.2) is 0 Å². The monoisotopic (exact) mass is 513 g/mol. The van der Waals surface area contributed by atoms with Gasteiger partial charge in [-0.2, -0.15) is 0 Å². The summed E-state index contributed by atoms with van der Waals surface area (Å²) in [5.74, 6) is -0.345. The van der Waals surface area contributed by atoms with Gasteiger partial charge < -0.3 is 14.4 Å². The van der Waals surface area contributed by atoms with Gasteiger partial charge in [-0.1, -0.05) is 95.8 Å². The second-order valence-corrected chi connectivity index (χ2v) is 11.9. The van der Waals surface area contributed by atoms with Crippen molar-refractivity contribution in [1.29, 1.82) is 0 Å². The Morgan fingerprint density at radius 3 is 2.14 bits per heavy atom. The zero-order valence-electron chi connectivity index (χ0n) is 22.6. The van der Waals surface area contributed by atoms with Gasteiger partial charge in [0.25, 0.3) is 0 Å². The van der Waals surface area contributed by atoms with Crippen molar-refractivity contribution in [3.63, 3.8) is 0 Å². The molecular formula is C30H44NO4P. The smallest absolute Gasteiger partial charge is 0.338 e. The maximum atomic E-state index is 14.5. The molecule has 2 unspecified atom stereocenters. The molecule has 0 saturated carbocycles. The average molecular weight is 514 g/mol. The molecule has 0 aromatic heterocycles. The number of carbonyl (C=O) groups excluding carboxylic acids is 1. The molecule has 3 rings (SSSR count). The third kappa shape index (κ3) is 6.49. The van der Waals surface area contributed by atoms with Gasteiger partial charge in [-0.05, 0) is 53.5 Å². The molecule has 36 heavy (non-hydrogen) atoms. The predicted octanol–water partition coefficient (Wildman–Crippen LogP) is 8.38. The predicted molar refractivity (Wildman–Crippen MR) is 149 cm³/mol. The number of amides is 1. The number of rotatable bonds is 16. The molecule has 0 radical (unpaired) electrons. The van der Waals surface area contributed by atoms with Crippen molar-refractivity contribution in [1.82, 2.24) is 5.32 Å². The topological polar surface area (TPSA) is 64.6 Å². The molecule has 6 heteroatoms. The van der Waals surface area contributed by atoms with Gasteiger partial charge in [0.2, 0.25) is 5.91 Å². The van der Waals surface area contributed by atoms with E-state index in [9.17, 15) is 9.36 Å². The highest BCUT2D eigenvalue weighted by molar-refractivity contribution is 7.54. The highest BCUT2D eigenvalue weighted by Gasteiger charge is 2.42. The molecule has 2 atom stereocenters. The second kappa shape index (κ2) is 14.1.